The molecule has 0 spiro atoms. The van der Waals surface area contributed by atoms with Gasteiger partial charge in [-0.05, 0) is 29.5 Å². The molecule has 1 aromatic carbocycles. The SMILES string of the molecule is C=CC(C)(C)[C@]12CCN(C)C1=Nc1cc(Br)ccc12. The molecule has 0 radical (unpaired) electrons. The number of hydrogen-bond donors (Lipinski definition) is 0. The van der Waals surface area contributed by atoms with Crippen LogP contribution in [0.2, 0.25) is 0 Å². The van der Waals surface area contributed by atoms with E-state index in [1.54, 1.807) is 0 Å². The fourth-order valence-corrected chi connectivity index (χ4v) is 3.87. The standard InChI is InChI=1S/C16H19BrN2/c1-5-15(2,3)16-8-9-19(4)14(16)18-13-10-11(17)6-7-12(13)16/h5-7,10H,1,8-9H2,2-4H3/t16-/m0/s1. The number of benzene rings is 1. The van der Waals surface area contributed by atoms with Gasteiger partial charge >= 0.3 is 0 Å². The summed E-state index contributed by atoms with van der Waals surface area (Å²) in [7, 11) is 2.14. The third kappa shape index (κ3) is 1.51. The van der Waals surface area contributed by atoms with Crippen LogP contribution in [0.1, 0.15) is 25.8 Å². The molecule has 0 aliphatic carbocycles. The molecule has 0 bridgehead atoms. The Morgan fingerprint density at radius 3 is 2.89 bits per heavy atom. The van der Waals surface area contributed by atoms with Gasteiger partial charge in [-0.2, -0.15) is 0 Å². The molecule has 0 aromatic heterocycles. The molecular weight excluding hydrogens is 300 g/mol. The second-order valence-corrected chi connectivity index (χ2v) is 7.02. The summed E-state index contributed by atoms with van der Waals surface area (Å²) in [5.41, 5.74) is 2.43. The van der Waals surface area contributed by atoms with Gasteiger partial charge in [0.2, 0.25) is 0 Å². The van der Waals surface area contributed by atoms with Crippen LogP contribution in [-0.2, 0) is 5.41 Å². The van der Waals surface area contributed by atoms with E-state index in [1.165, 1.54) is 11.4 Å². The Kier molecular flexibility index (Phi) is 2.69. The maximum atomic E-state index is 4.91. The molecule has 19 heavy (non-hydrogen) atoms. The van der Waals surface area contributed by atoms with Crippen LogP contribution in [0.4, 0.5) is 5.69 Å². The number of likely N-dealkylation sites (N-methyl/N-ethyl adjacent to an activating group) is 1. The highest BCUT2D eigenvalue weighted by Crippen LogP contribution is 2.56. The number of aliphatic imine (C=N–C) groups is 1. The molecule has 3 heteroatoms. The van der Waals surface area contributed by atoms with E-state index in [2.05, 4.69) is 72.6 Å². The number of amidine groups is 1. The number of nitrogens with zero attached hydrogens (tertiary/aromatic N) is 2. The highest BCUT2D eigenvalue weighted by molar-refractivity contribution is 9.10. The Labute approximate surface area is 123 Å². The first kappa shape index (κ1) is 12.9. The first-order valence-electron chi connectivity index (χ1n) is 6.66. The van der Waals surface area contributed by atoms with Gasteiger partial charge in [-0.15, -0.1) is 6.58 Å². The Balaban J connectivity index is 2.28. The van der Waals surface area contributed by atoms with E-state index in [9.17, 15) is 0 Å². The van der Waals surface area contributed by atoms with Gasteiger partial charge in [0.05, 0.1) is 11.1 Å². The third-order valence-corrected chi connectivity index (χ3v) is 5.31. The van der Waals surface area contributed by atoms with Gasteiger partial charge < -0.3 is 4.90 Å². The molecule has 0 N–H and O–H groups in total. The third-order valence-electron chi connectivity index (χ3n) is 4.82. The summed E-state index contributed by atoms with van der Waals surface area (Å²) in [5, 5.41) is 0. The van der Waals surface area contributed by atoms with Crippen molar-refractivity contribution in [1.82, 2.24) is 4.90 Å². The minimum Gasteiger partial charge on any atom is -0.362 e. The van der Waals surface area contributed by atoms with E-state index < -0.39 is 0 Å². The molecule has 2 heterocycles. The summed E-state index contributed by atoms with van der Waals surface area (Å²) < 4.78 is 1.09. The van der Waals surface area contributed by atoms with Crippen molar-refractivity contribution in [3.05, 3.63) is 40.9 Å². The van der Waals surface area contributed by atoms with Gasteiger partial charge in [0.15, 0.2) is 0 Å². The summed E-state index contributed by atoms with van der Waals surface area (Å²) in [5.74, 6) is 1.20. The lowest BCUT2D eigenvalue weighted by Gasteiger charge is -2.40. The highest BCUT2D eigenvalue weighted by Gasteiger charge is 2.56. The van der Waals surface area contributed by atoms with Gasteiger partial charge in [-0.3, -0.25) is 0 Å². The van der Waals surface area contributed by atoms with Gasteiger partial charge in [0.25, 0.3) is 0 Å². The highest BCUT2D eigenvalue weighted by atomic mass is 79.9. The molecule has 1 atom stereocenters. The Morgan fingerprint density at radius 1 is 1.47 bits per heavy atom. The number of allylic oxidation sites excluding steroid dienone is 1. The first-order chi connectivity index (χ1) is 8.92. The molecular formula is C16H19BrN2. The van der Waals surface area contributed by atoms with Crippen LogP contribution in [0.25, 0.3) is 0 Å². The lowest BCUT2D eigenvalue weighted by molar-refractivity contribution is 0.310. The van der Waals surface area contributed by atoms with Crippen LogP contribution < -0.4 is 0 Å². The van der Waals surface area contributed by atoms with Crippen LogP contribution in [0.15, 0.2) is 40.3 Å². The van der Waals surface area contributed by atoms with Crippen LogP contribution in [0, 0.1) is 5.41 Å². The number of rotatable bonds is 2. The molecule has 2 aliphatic rings. The average molecular weight is 319 g/mol. The number of fused-ring (bicyclic) bond motifs is 3. The monoisotopic (exact) mass is 318 g/mol. The molecule has 0 amide bonds. The molecule has 0 unspecified atom stereocenters. The molecule has 0 saturated carbocycles. The molecule has 2 aliphatic heterocycles. The zero-order valence-corrected chi connectivity index (χ0v) is 13.3. The Hall–Kier alpha value is -1.09. The summed E-state index contributed by atoms with van der Waals surface area (Å²) in [4.78, 5) is 7.20. The fraction of sp³-hybridized carbons (Fsp3) is 0.438. The summed E-state index contributed by atoms with van der Waals surface area (Å²) in [6, 6.07) is 6.46. The van der Waals surface area contributed by atoms with E-state index in [0.29, 0.717) is 0 Å². The number of halogens is 1. The number of hydrogen-bond acceptors (Lipinski definition) is 2. The van der Waals surface area contributed by atoms with Crippen molar-refractivity contribution in [2.45, 2.75) is 25.7 Å². The van der Waals surface area contributed by atoms with Crippen molar-refractivity contribution in [3.63, 3.8) is 0 Å². The van der Waals surface area contributed by atoms with Gasteiger partial charge in [0.1, 0.15) is 5.84 Å². The predicted octanol–water partition coefficient (Wildman–Crippen LogP) is 4.28. The van der Waals surface area contributed by atoms with E-state index >= 15 is 0 Å². The summed E-state index contributed by atoms with van der Waals surface area (Å²) in [6.07, 6.45) is 3.19. The van der Waals surface area contributed by atoms with Crippen LogP contribution in [0.5, 0.6) is 0 Å². The van der Waals surface area contributed by atoms with Crippen molar-refractivity contribution in [1.29, 1.82) is 0 Å². The lowest BCUT2D eigenvalue weighted by Crippen LogP contribution is -2.45. The van der Waals surface area contributed by atoms with Crippen molar-refractivity contribution in [2.75, 3.05) is 13.6 Å². The topological polar surface area (TPSA) is 15.6 Å². The predicted molar refractivity (Wildman–Crippen MR) is 84.1 cm³/mol. The number of likely N-dealkylation sites (tertiary alicyclic amines) is 1. The van der Waals surface area contributed by atoms with Crippen LogP contribution in [-0.4, -0.2) is 24.3 Å². The quantitative estimate of drug-likeness (QED) is 0.743. The zero-order chi connectivity index (χ0) is 13.8. The van der Waals surface area contributed by atoms with Crippen molar-refractivity contribution in [3.8, 4) is 0 Å². The maximum Gasteiger partial charge on any atom is 0.116 e. The summed E-state index contributed by atoms with van der Waals surface area (Å²) >= 11 is 3.54. The minimum absolute atomic E-state index is 0.00429. The van der Waals surface area contributed by atoms with Gasteiger partial charge in [-0.25, -0.2) is 4.99 Å². The van der Waals surface area contributed by atoms with Crippen molar-refractivity contribution in [2.24, 2.45) is 10.4 Å². The molecule has 1 aromatic rings. The van der Waals surface area contributed by atoms with Crippen LogP contribution in [0.3, 0.4) is 0 Å². The first-order valence-corrected chi connectivity index (χ1v) is 7.45. The Bertz CT molecular complexity index is 588. The second-order valence-electron chi connectivity index (χ2n) is 6.10. The average Bonchev–Trinajstić information content (AvgIpc) is 2.86. The largest absolute Gasteiger partial charge is 0.362 e. The summed E-state index contributed by atoms with van der Waals surface area (Å²) in [6.45, 7) is 9.67. The van der Waals surface area contributed by atoms with Crippen molar-refractivity contribution >= 4 is 27.5 Å². The molecule has 1 fully saturated rings. The molecule has 3 rings (SSSR count). The second kappa shape index (κ2) is 3.95. The van der Waals surface area contributed by atoms with Gasteiger partial charge in [0, 0.05) is 18.1 Å². The molecule has 100 valence electrons. The zero-order valence-electron chi connectivity index (χ0n) is 11.7. The van der Waals surface area contributed by atoms with Crippen molar-refractivity contribution < 1.29 is 0 Å². The van der Waals surface area contributed by atoms with E-state index in [1.807, 2.05) is 0 Å². The lowest BCUT2D eigenvalue weighted by atomic mass is 9.61. The van der Waals surface area contributed by atoms with Gasteiger partial charge in [-0.1, -0.05) is 41.9 Å². The molecule has 2 nitrogen and oxygen atoms in total. The normalized spacial score (nSPS) is 25.1. The van der Waals surface area contributed by atoms with E-state index in [4.69, 9.17) is 4.99 Å². The Morgan fingerprint density at radius 2 is 2.21 bits per heavy atom. The molecule has 1 saturated heterocycles. The van der Waals surface area contributed by atoms with Crippen LogP contribution >= 0.6 is 15.9 Å². The fourth-order valence-electron chi connectivity index (χ4n) is 3.52. The maximum absolute atomic E-state index is 4.91. The smallest absolute Gasteiger partial charge is 0.116 e. The van der Waals surface area contributed by atoms with E-state index in [-0.39, 0.29) is 10.8 Å². The van der Waals surface area contributed by atoms with E-state index in [0.717, 1.165) is 23.1 Å². The minimum atomic E-state index is -0.0144.